The van der Waals surface area contributed by atoms with E-state index in [9.17, 15) is 0 Å². The SMILES string of the molecule is Cc1cccc(C(c2ccc3ccccc3n2)N2CCNCC2)c1. The number of piperazine rings is 1. The Hall–Kier alpha value is -2.23. The molecule has 1 unspecified atom stereocenters. The van der Waals surface area contributed by atoms with Crippen LogP contribution in [0.25, 0.3) is 10.9 Å². The number of nitrogens with zero attached hydrogens (tertiary/aromatic N) is 2. The highest BCUT2D eigenvalue weighted by Crippen LogP contribution is 2.29. The Kier molecular flexibility index (Phi) is 4.28. The van der Waals surface area contributed by atoms with Crippen molar-refractivity contribution in [3.8, 4) is 0 Å². The van der Waals surface area contributed by atoms with Crippen LogP contribution in [0.5, 0.6) is 0 Å². The molecule has 1 saturated heterocycles. The Morgan fingerprint density at radius 3 is 2.62 bits per heavy atom. The number of fused-ring (bicyclic) bond motifs is 1. The van der Waals surface area contributed by atoms with Gasteiger partial charge in [0.25, 0.3) is 0 Å². The van der Waals surface area contributed by atoms with Crippen LogP contribution in [-0.4, -0.2) is 36.1 Å². The molecule has 122 valence electrons. The lowest BCUT2D eigenvalue weighted by Gasteiger charge is -2.35. The van der Waals surface area contributed by atoms with Crippen molar-refractivity contribution in [2.75, 3.05) is 26.2 Å². The second-order valence-corrected chi connectivity index (χ2v) is 6.53. The Morgan fingerprint density at radius 2 is 1.79 bits per heavy atom. The molecule has 1 fully saturated rings. The van der Waals surface area contributed by atoms with Crippen molar-refractivity contribution < 1.29 is 0 Å². The van der Waals surface area contributed by atoms with Crippen LogP contribution < -0.4 is 5.32 Å². The van der Waals surface area contributed by atoms with Crippen molar-refractivity contribution in [3.05, 3.63) is 77.5 Å². The monoisotopic (exact) mass is 317 g/mol. The van der Waals surface area contributed by atoms with E-state index in [1.807, 2.05) is 0 Å². The van der Waals surface area contributed by atoms with E-state index in [-0.39, 0.29) is 6.04 Å². The van der Waals surface area contributed by atoms with Crippen molar-refractivity contribution in [2.45, 2.75) is 13.0 Å². The molecule has 4 rings (SSSR count). The number of benzene rings is 2. The number of aromatic nitrogens is 1. The first-order valence-electron chi connectivity index (χ1n) is 8.68. The molecule has 2 heterocycles. The van der Waals surface area contributed by atoms with Crippen LogP contribution in [0.4, 0.5) is 0 Å². The first-order valence-corrected chi connectivity index (χ1v) is 8.68. The van der Waals surface area contributed by atoms with Gasteiger partial charge >= 0.3 is 0 Å². The topological polar surface area (TPSA) is 28.2 Å². The maximum atomic E-state index is 4.99. The van der Waals surface area contributed by atoms with E-state index < -0.39 is 0 Å². The third-order valence-corrected chi connectivity index (χ3v) is 4.77. The second kappa shape index (κ2) is 6.71. The molecule has 1 atom stereocenters. The molecule has 1 aromatic heterocycles. The third-order valence-electron chi connectivity index (χ3n) is 4.77. The fourth-order valence-corrected chi connectivity index (χ4v) is 3.58. The molecule has 0 aliphatic carbocycles. The van der Waals surface area contributed by atoms with Gasteiger partial charge in [0.2, 0.25) is 0 Å². The largest absolute Gasteiger partial charge is 0.314 e. The number of hydrogen-bond donors (Lipinski definition) is 1. The van der Waals surface area contributed by atoms with E-state index in [0.717, 1.165) is 37.4 Å². The quantitative estimate of drug-likeness (QED) is 0.801. The second-order valence-electron chi connectivity index (χ2n) is 6.53. The minimum Gasteiger partial charge on any atom is -0.314 e. The van der Waals surface area contributed by atoms with Gasteiger partial charge in [-0.1, -0.05) is 54.1 Å². The predicted molar refractivity (Wildman–Crippen MR) is 99.2 cm³/mol. The van der Waals surface area contributed by atoms with Crippen LogP contribution in [0, 0.1) is 6.92 Å². The summed E-state index contributed by atoms with van der Waals surface area (Å²) in [6.45, 7) is 6.33. The lowest BCUT2D eigenvalue weighted by Crippen LogP contribution is -2.45. The molecule has 24 heavy (non-hydrogen) atoms. The summed E-state index contributed by atoms with van der Waals surface area (Å²) in [5.74, 6) is 0. The zero-order chi connectivity index (χ0) is 16.4. The minimum atomic E-state index is 0.219. The smallest absolute Gasteiger partial charge is 0.0777 e. The van der Waals surface area contributed by atoms with Gasteiger partial charge < -0.3 is 5.32 Å². The van der Waals surface area contributed by atoms with Crippen LogP contribution in [0.15, 0.2) is 60.7 Å². The molecule has 3 heteroatoms. The molecular formula is C21H23N3. The van der Waals surface area contributed by atoms with Gasteiger partial charge in [0.1, 0.15) is 0 Å². The fraction of sp³-hybridized carbons (Fsp3) is 0.286. The molecule has 1 aliphatic heterocycles. The molecule has 0 bridgehead atoms. The van der Waals surface area contributed by atoms with Gasteiger partial charge in [-0.2, -0.15) is 0 Å². The zero-order valence-corrected chi connectivity index (χ0v) is 14.1. The normalized spacial score (nSPS) is 17.0. The number of aryl methyl sites for hydroxylation is 1. The van der Waals surface area contributed by atoms with Gasteiger partial charge in [0.05, 0.1) is 17.3 Å². The van der Waals surface area contributed by atoms with Gasteiger partial charge in [-0.15, -0.1) is 0 Å². The number of para-hydroxylation sites is 1. The highest BCUT2D eigenvalue weighted by atomic mass is 15.2. The van der Waals surface area contributed by atoms with Crippen molar-refractivity contribution in [2.24, 2.45) is 0 Å². The summed E-state index contributed by atoms with van der Waals surface area (Å²) < 4.78 is 0. The molecule has 0 amide bonds. The maximum Gasteiger partial charge on any atom is 0.0777 e. The first-order chi connectivity index (χ1) is 11.8. The zero-order valence-electron chi connectivity index (χ0n) is 14.1. The van der Waals surface area contributed by atoms with E-state index >= 15 is 0 Å². The molecule has 2 aromatic carbocycles. The number of hydrogen-bond acceptors (Lipinski definition) is 3. The Bertz CT molecular complexity index is 837. The van der Waals surface area contributed by atoms with Crippen LogP contribution >= 0.6 is 0 Å². The number of rotatable bonds is 3. The lowest BCUT2D eigenvalue weighted by molar-refractivity contribution is 0.196. The molecule has 3 aromatic rings. The lowest BCUT2D eigenvalue weighted by atomic mass is 9.98. The predicted octanol–water partition coefficient (Wildman–Crippen LogP) is 3.54. The van der Waals surface area contributed by atoms with E-state index in [2.05, 4.69) is 77.8 Å². The Labute approximate surface area is 143 Å². The van der Waals surface area contributed by atoms with Crippen LogP contribution in [0.1, 0.15) is 22.9 Å². The van der Waals surface area contributed by atoms with Gasteiger partial charge in [-0.3, -0.25) is 9.88 Å². The molecule has 0 saturated carbocycles. The van der Waals surface area contributed by atoms with Crippen LogP contribution in [0.3, 0.4) is 0 Å². The van der Waals surface area contributed by atoms with Crippen molar-refractivity contribution in [1.29, 1.82) is 0 Å². The highest BCUT2D eigenvalue weighted by molar-refractivity contribution is 5.78. The van der Waals surface area contributed by atoms with E-state index in [1.54, 1.807) is 0 Å². The van der Waals surface area contributed by atoms with E-state index in [1.165, 1.54) is 16.5 Å². The van der Waals surface area contributed by atoms with Crippen molar-refractivity contribution in [3.63, 3.8) is 0 Å². The van der Waals surface area contributed by atoms with Crippen molar-refractivity contribution >= 4 is 10.9 Å². The maximum absolute atomic E-state index is 4.99. The molecular weight excluding hydrogens is 294 g/mol. The summed E-state index contributed by atoms with van der Waals surface area (Å²) in [4.78, 5) is 7.54. The molecule has 0 radical (unpaired) electrons. The Balaban J connectivity index is 1.80. The summed E-state index contributed by atoms with van der Waals surface area (Å²) in [5.41, 5.74) is 4.84. The van der Waals surface area contributed by atoms with E-state index in [4.69, 9.17) is 4.98 Å². The van der Waals surface area contributed by atoms with Gasteiger partial charge in [-0.05, 0) is 24.6 Å². The van der Waals surface area contributed by atoms with Crippen molar-refractivity contribution in [1.82, 2.24) is 15.2 Å². The standard InChI is InChI=1S/C21H23N3/c1-16-5-4-7-18(15-16)21(24-13-11-22-12-14-24)20-10-9-17-6-2-3-8-19(17)23-20/h2-10,15,21-22H,11-14H2,1H3. The summed E-state index contributed by atoms with van der Waals surface area (Å²) in [6, 6.07) is 21.8. The third kappa shape index (κ3) is 3.05. The summed E-state index contributed by atoms with van der Waals surface area (Å²) >= 11 is 0. The van der Waals surface area contributed by atoms with Crippen LogP contribution in [-0.2, 0) is 0 Å². The van der Waals surface area contributed by atoms with Gasteiger partial charge in [-0.25, -0.2) is 0 Å². The molecule has 1 N–H and O–H groups in total. The fourth-order valence-electron chi connectivity index (χ4n) is 3.58. The average molecular weight is 317 g/mol. The Morgan fingerprint density at radius 1 is 0.958 bits per heavy atom. The highest BCUT2D eigenvalue weighted by Gasteiger charge is 2.25. The summed E-state index contributed by atoms with van der Waals surface area (Å²) in [6.07, 6.45) is 0. The van der Waals surface area contributed by atoms with Crippen LogP contribution in [0.2, 0.25) is 0 Å². The molecule has 1 aliphatic rings. The number of nitrogens with one attached hydrogen (secondary N) is 1. The summed E-state index contributed by atoms with van der Waals surface area (Å²) in [7, 11) is 0. The first kappa shape index (κ1) is 15.3. The molecule has 0 spiro atoms. The minimum absolute atomic E-state index is 0.219. The summed E-state index contributed by atoms with van der Waals surface area (Å²) in [5, 5.41) is 4.65. The average Bonchev–Trinajstić information content (AvgIpc) is 2.63. The molecule has 3 nitrogen and oxygen atoms in total. The van der Waals surface area contributed by atoms with Gasteiger partial charge in [0, 0.05) is 31.6 Å². The van der Waals surface area contributed by atoms with Gasteiger partial charge in [0.15, 0.2) is 0 Å². The van der Waals surface area contributed by atoms with E-state index in [0.29, 0.717) is 0 Å². The number of pyridine rings is 1.